The molecule has 0 bridgehead atoms. The highest BCUT2D eigenvalue weighted by molar-refractivity contribution is 7.47. The molecule has 1 aliphatic carbocycles. The third-order valence-electron chi connectivity index (χ3n) is 10.7. The minimum atomic E-state index is -5.10. The molecule has 1 fully saturated rings. The number of rotatable bonds is 35. The summed E-state index contributed by atoms with van der Waals surface area (Å²) in [5, 5.41) is 74.1. The first-order chi connectivity index (χ1) is 25.8. The van der Waals surface area contributed by atoms with E-state index in [1.54, 1.807) is 0 Å². The zero-order valence-corrected chi connectivity index (χ0v) is 34.5. The Kier molecular flexibility index (Phi) is 29.8. The quantitative estimate of drug-likeness (QED) is 0.0263. The van der Waals surface area contributed by atoms with Gasteiger partial charge < -0.3 is 46.0 Å². The van der Waals surface area contributed by atoms with Gasteiger partial charge in [-0.1, -0.05) is 168 Å². The summed E-state index contributed by atoms with van der Waals surface area (Å²) in [5.74, 6) is -0.561. The van der Waals surface area contributed by atoms with Gasteiger partial charge in [0, 0.05) is 0 Å². The molecule has 0 saturated heterocycles. The minimum Gasteiger partial charge on any atom is -0.393 e. The highest BCUT2D eigenvalue weighted by Gasteiger charge is 2.51. The predicted molar refractivity (Wildman–Crippen MR) is 211 cm³/mol. The van der Waals surface area contributed by atoms with Crippen molar-refractivity contribution in [3.63, 3.8) is 0 Å². The monoisotopic (exact) mass is 798 g/mol. The topological polar surface area (TPSA) is 226 Å². The minimum absolute atomic E-state index is 0.217. The summed E-state index contributed by atoms with van der Waals surface area (Å²) in [6.07, 6.45) is 14.9. The number of phosphoric acid groups is 1. The maximum Gasteiger partial charge on any atom is 0.472 e. The van der Waals surface area contributed by atoms with E-state index in [0.717, 1.165) is 64.2 Å². The first-order valence-corrected chi connectivity index (χ1v) is 23.1. The SMILES string of the molecule is CCCCCCCCCCCCCCCCCCCC(O)CC(=O)NC(COP(=O)(O)OC1C(O)C(O)C(O)C(O)C1O)C(O)CCCCCCCCC. The lowest BCUT2D eigenvalue weighted by molar-refractivity contribution is -0.220. The normalized spacial score (nSPS) is 24.6. The van der Waals surface area contributed by atoms with E-state index < -0.39 is 75.2 Å². The molecule has 0 spiro atoms. The number of carbonyl (C=O) groups excluding carboxylic acids is 1. The molecule has 0 heterocycles. The fourth-order valence-electron chi connectivity index (χ4n) is 7.13. The van der Waals surface area contributed by atoms with Crippen molar-refractivity contribution in [1.82, 2.24) is 5.32 Å². The van der Waals surface area contributed by atoms with E-state index in [1.165, 1.54) is 83.5 Å². The number of aliphatic hydroxyl groups excluding tert-OH is 7. The van der Waals surface area contributed by atoms with Gasteiger partial charge in [0.25, 0.3) is 0 Å². The average molecular weight is 798 g/mol. The van der Waals surface area contributed by atoms with Crippen LogP contribution in [0.2, 0.25) is 0 Å². The van der Waals surface area contributed by atoms with E-state index in [0.29, 0.717) is 12.8 Å². The summed E-state index contributed by atoms with van der Waals surface area (Å²) in [5.41, 5.74) is 0. The van der Waals surface area contributed by atoms with Gasteiger partial charge in [0.2, 0.25) is 5.91 Å². The molecule has 0 aromatic heterocycles. The van der Waals surface area contributed by atoms with Crippen molar-refractivity contribution in [2.24, 2.45) is 0 Å². The number of nitrogens with one attached hydrogen (secondary N) is 1. The number of hydrogen-bond donors (Lipinski definition) is 9. The molecule has 1 saturated carbocycles. The van der Waals surface area contributed by atoms with Crippen LogP contribution >= 0.6 is 7.82 Å². The summed E-state index contributed by atoms with van der Waals surface area (Å²) in [4.78, 5) is 23.3. The van der Waals surface area contributed by atoms with Gasteiger partial charge in [0.05, 0.1) is 31.3 Å². The van der Waals surface area contributed by atoms with Gasteiger partial charge in [-0.3, -0.25) is 13.8 Å². The lowest BCUT2D eigenvalue weighted by Crippen LogP contribution is -2.64. The second-order valence-electron chi connectivity index (χ2n) is 15.7. The Labute approximate surface area is 326 Å². The molecular weight excluding hydrogens is 717 g/mol. The Morgan fingerprint density at radius 2 is 0.926 bits per heavy atom. The summed E-state index contributed by atoms with van der Waals surface area (Å²) in [6.45, 7) is 3.71. The highest BCUT2D eigenvalue weighted by atomic mass is 31.2. The molecule has 14 heteroatoms. The molecule has 322 valence electrons. The first kappa shape index (κ1) is 51.3. The summed E-state index contributed by atoms with van der Waals surface area (Å²) in [6, 6.07) is -1.15. The van der Waals surface area contributed by atoms with Crippen molar-refractivity contribution >= 4 is 13.7 Å². The van der Waals surface area contributed by atoms with Gasteiger partial charge >= 0.3 is 7.82 Å². The second-order valence-corrected chi connectivity index (χ2v) is 17.1. The van der Waals surface area contributed by atoms with Crippen molar-refractivity contribution in [2.75, 3.05) is 6.61 Å². The molecule has 0 radical (unpaired) electrons. The van der Waals surface area contributed by atoms with Crippen LogP contribution in [0.25, 0.3) is 0 Å². The molecule has 13 nitrogen and oxygen atoms in total. The molecule has 0 aromatic rings. The van der Waals surface area contributed by atoms with Crippen molar-refractivity contribution in [3.05, 3.63) is 0 Å². The molecular formula is C40H80NO12P. The lowest BCUT2D eigenvalue weighted by Gasteiger charge is -2.41. The third kappa shape index (κ3) is 23.5. The Hall–Kier alpha value is -0.700. The van der Waals surface area contributed by atoms with Crippen molar-refractivity contribution < 1.29 is 59.0 Å². The molecule has 0 aromatic carbocycles. The van der Waals surface area contributed by atoms with Crippen LogP contribution in [-0.4, -0.2) is 108 Å². The van der Waals surface area contributed by atoms with Crippen LogP contribution in [0.5, 0.6) is 0 Å². The summed E-state index contributed by atoms with van der Waals surface area (Å²) in [7, 11) is -5.10. The molecule has 1 rings (SSSR count). The van der Waals surface area contributed by atoms with E-state index in [9.17, 15) is 50.0 Å². The summed E-state index contributed by atoms with van der Waals surface area (Å²) < 4.78 is 22.8. The number of amides is 1. The molecule has 1 aliphatic rings. The van der Waals surface area contributed by atoms with E-state index in [2.05, 4.69) is 19.2 Å². The van der Waals surface area contributed by atoms with E-state index in [-0.39, 0.29) is 12.8 Å². The van der Waals surface area contributed by atoms with E-state index >= 15 is 0 Å². The smallest absolute Gasteiger partial charge is 0.393 e. The molecule has 1 amide bonds. The van der Waals surface area contributed by atoms with E-state index in [4.69, 9.17) is 9.05 Å². The van der Waals surface area contributed by atoms with Crippen LogP contribution in [0.3, 0.4) is 0 Å². The van der Waals surface area contributed by atoms with Crippen molar-refractivity contribution in [1.29, 1.82) is 0 Å². The van der Waals surface area contributed by atoms with Crippen molar-refractivity contribution in [3.8, 4) is 0 Å². The Morgan fingerprint density at radius 1 is 0.574 bits per heavy atom. The number of carbonyl (C=O) groups is 1. The van der Waals surface area contributed by atoms with Gasteiger partial charge in [0.1, 0.15) is 36.6 Å². The van der Waals surface area contributed by atoms with Crippen LogP contribution < -0.4 is 5.32 Å². The Bertz CT molecular complexity index is 948. The fraction of sp³-hybridized carbons (Fsp3) is 0.975. The van der Waals surface area contributed by atoms with Gasteiger partial charge in [-0.2, -0.15) is 0 Å². The standard InChI is InChI=1S/C40H80NO12P/c1-3-5-7-9-11-12-13-14-15-16-17-18-19-20-22-23-25-27-31(42)29-34(44)41-32(33(43)28-26-24-21-10-8-6-4-2)30-52-54(50,51)53-40-38(48)36(46)35(45)37(47)39(40)49/h31-33,35-40,42-43,45-49H,3-30H2,1-2H3,(H,41,44)(H,50,51). The zero-order chi connectivity index (χ0) is 40.2. The molecule has 0 aliphatic heterocycles. The highest BCUT2D eigenvalue weighted by Crippen LogP contribution is 2.47. The summed E-state index contributed by atoms with van der Waals surface area (Å²) >= 11 is 0. The number of unbranched alkanes of at least 4 members (excludes halogenated alkanes) is 22. The fourth-order valence-corrected chi connectivity index (χ4v) is 8.09. The molecule has 54 heavy (non-hydrogen) atoms. The number of phosphoric ester groups is 1. The maximum atomic E-state index is 12.9. The number of aliphatic hydroxyl groups is 7. The number of hydrogen-bond acceptors (Lipinski definition) is 11. The maximum absolute atomic E-state index is 12.9. The predicted octanol–water partition coefficient (Wildman–Crippen LogP) is 6.09. The van der Waals surface area contributed by atoms with Gasteiger partial charge in [0.15, 0.2) is 0 Å². The van der Waals surface area contributed by atoms with Gasteiger partial charge in [-0.05, 0) is 12.8 Å². The molecule has 9 N–H and O–H groups in total. The lowest BCUT2D eigenvalue weighted by atomic mass is 9.85. The zero-order valence-electron chi connectivity index (χ0n) is 33.7. The largest absolute Gasteiger partial charge is 0.472 e. The van der Waals surface area contributed by atoms with Crippen LogP contribution in [0.4, 0.5) is 0 Å². The van der Waals surface area contributed by atoms with Crippen LogP contribution in [-0.2, 0) is 18.4 Å². The van der Waals surface area contributed by atoms with Crippen molar-refractivity contribution in [2.45, 2.75) is 242 Å². The third-order valence-corrected chi connectivity index (χ3v) is 11.7. The second kappa shape index (κ2) is 31.3. The van der Waals surface area contributed by atoms with Crippen LogP contribution in [0, 0.1) is 0 Å². The Balaban J connectivity index is 2.44. The van der Waals surface area contributed by atoms with Crippen LogP contribution in [0.1, 0.15) is 187 Å². The van der Waals surface area contributed by atoms with E-state index in [1.807, 2.05) is 0 Å². The van der Waals surface area contributed by atoms with Crippen LogP contribution in [0.15, 0.2) is 0 Å². The van der Waals surface area contributed by atoms with Gasteiger partial charge in [-0.25, -0.2) is 4.57 Å². The molecule has 8 unspecified atom stereocenters. The Morgan fingerprint density at radius 3 is 1.33 bits per heavy atom. The van der Waals surface area contributed by atoms with Gasteiger partial charge in [-0.15, -0.1) is 0 Å². The average Bonchev–Trinajstić information content (AvgIpc) is 3.14. The first-order valence-electron chi connectivity index (χ1n) is 21.6. The molecule has 8 atom stereocenters.